The first-order chi connectivity index (χ1) is 42.8. The average Bonchev–Trinajstić information content (AvgIpc) is 2.08. The van der Waals surface area contributed by atoms with Gasteiger partial charge in [0, 0.05) is 67.0 Å². The molecule has 14 amide bonds. The second kappa shape index (κ2) is 40.0. The Hall–Kier alpha value is -8.79. The van der Waals surface area contributed by atoms with Gasteiger partial charge in [-0.15, -0.1) is 0 Å². The van der Waals surface area contributed by atoms with Gasteiger partial charge in [-0.3, -0.25) is 67.1 Å². The highest BCUT2D eigenvalue weighted by Gasteiger charge is 2.34. The van der Waals surface area contributed by atoms with Crippen LogP contribution in [0.1, 0.15) is 90.3 Å². The van der Waals surface area contributed by atoms with E-state index in [0.717, 1.165) is 0 Å². The van der Waals surface area contributed by atoms with E-state index in [2.05, 4.69) is 91.4 Å². The van der Waals surface area contributed by atoms with Crippen molar-refractivity contribution in [1.82, 2.24) is 78.8 Å². The lowest BCUT2D eigenvalue weighted by Gasteiger charge is -2.26. The summed E-state index contributed by atoms with van der Waals surface area (Å²) in [5.41, 5.74) is 17.9. The number of amides is 14. The van der Waals surface area contributed by atoms with E-state index in [9.17, 15) is 67.1 Å². The summed E-state index contributed by atoms with van der Waals surface area (Å²) < 4.78 is 0. The number of unbranched alkanes of at least 4 members (excludes halogenated alkanes) is 1. The van der Waals surface area contributed by atoms with Crippen LogP contribution in [-0.2, 0) is 80.0 Å². The van der Waals surface area contributed by atoms with Gasteiger partial charge in [0.1, 0.15) is 48.3 Å². The van der Waals surface area contributed by atoms with Crippen LogP contribution in [0.4, 0.5) is 0 Å². The summed E-state index contributed by atoms with van der Waals surface area (Å²) >= 11 is 5.51. The molecule has 0 bridgehead atoms. The number of nitrogens with two attached hydrogens (primary N) is 3. The van der Waals surface area contributed by atoms with Crippen molar-refractivity contribution < 1.29 is 67.1 Å². The zero-order valence-corrected chi connectivity index (χ0v) is 52.7. The molecule has 2 heterocycles. The van der Waals surface area contributed by atoms with Gasteiger partial charge in [0.2, 0.25) is 82.7 Å². The minimum atomic E-state index is -1.41. The summed E-state index contributed by atoms with van der Waals surface area (Å²) in [7, 11) is 0. The van der Waals surface area contributed by atoms with E-state index in [1.165, 1.54) is 31.2 Å². The Labute approximate surface area is 529 Å². The van der Waals surface area contributed by atoms with E-state index in [1.54, 1.807) is 51.2 Å². The van der Waals surface area contributed by atoms with Gasteiger partial charge in [-0.25, -0.2) is 4.98 Å². The second-order valence-electron chi connectivity index (χ2n) is 21.2. The molecule has 0 aliphatic carbocycles. The predicted octanol–water partition coefficient (Wildman–Crippen LogP) is -4.94. The summed E-state index contributed by atoms with van der Waals surface area (Å²) in [5.74, 6) is -10.4. The van der Waals surface area contributed by atoms with E-state index in [-0.39, 0.29) is 76.6 Å². The minimum Gasteiger partial charge on any atom is -0.370 e. The summed E-state index contributed by atoms with van der Waals surface area (Å²) in [6.07, 6.45) is 6.65. The van der Waals surface area contributed by atoms with Crippen molar-refractivity contribution in [3.05, 3.63) is 54.2 Å². The molecule has 496 valence electrons. The van der Waals surface area contributed by atoms with Crippen molar-refractivity contribution in [3.8, 4) is 0 Å². The standard InChI is InChI=1S/C56H86N18O14S2/c1-6-11-37(52(84)71-36(49(59)81)17-19-90-5)72-55(87)40(21-33-24-60-29-66-33)69-47(80)27-65-56(88)48(30(2)3)74-50(82)31(4)67-54(86)39(20-32-23-62-35-13-8-7-12-34(32)35)73-53(85)38(15-16-42(58)75)68-43(76)14-9-10-18-61-45(78)25-64-51(83)41(28-89)70-46(79)26-63-44(77)22-57/h7-8,12-13,23-24,29-31,36-41,48,62,89H,6,9-11,14-22,25-28,57H2,1-5H3,(H2,58,75)(H2,59,81)(H,60,66)(H,61,78)(H,63,77)(H,64,83)(H,65,88)(H,67,86)(H,68,76)(H,69,80)(H,70,79)(H,71,84)(H,72,87)(H,73,85)(H,74,82)/t31-,36-,37-,38-,39-,40-,41-,48-/m0/s1. The predicted molar refractivity (Wildman–Crippen MR) is 335 cm³/mol. The third-order valence-corrected chi connectivity index (χ3v) is 14.6. The zero-order chi connectivity index (χ0) is 66.9. The Bertz CT molecular complexity index is 2950. The second-order valence-corrected chi connectivity index (χ2v) is 22.6. The molecule has 32 nitrogen and oxygen atoms in total. The van der Waals surface area contributed by atoms with E-state index in [0.29, 0.717) is 34.3 Å². The van der Waals surface area contributed by atoms with Crippen LogP contribution in [-0.4, -0.2) is 196 Å². The number of carbonyl (C=O) groups is 14. The molecule has 0 aliphatic heterocycles. The van der Waals surface area contributed by atoms with Crippen molar-refractivity contribution in [2.75, 3.05) is 50.5 Å². The van der Waals surface area contributed by atoms with Crippen molar-refractivity contribution in [1.29, 1.82) is 0 Å². The Morgan fingerprint density at radius 3 is 1.79 bits per heavy atom. The van der Waals surface area contributed by atoms with E-state index >= 15 is 0 Å². The number of thiol groups is 1. The lowest BCUT2D eigenvalue weighted by atomic mass is 10.0. The number of rotatable bonds is 42. The summed E-state index contributed by atoms with van der Waals surface area (Å²) in [6, 6.07) is -2.77. The molecule has 0 fully saturated rings. The highest BCUT2D eigenvalue weighted by Crippen LogP contribution is 2.20. The van der Waals surface area contributed by atoms with Gasteiger partial charge in [-0.1, -0.05) is 45.4 Å². The molecular formula is C56H86N18O14S2. The van der Waals surface area contributed by atoms with Crippen molar-refractivity contribution in [2.24, 2.45) is 23.1 Å². The molecule has 90 heavy (non-hydrogen) atoms. The molecule has 0 spiro atoms. The first-order valence-corrected chi connectivity index (χ1v) is 31.2. The topological polar surface area (TPSA) is 506 Å². The number of aromatic nitrogens is 3. The van der Waals surface area contributed by atoms with E-state index in [4.69, 9.17) is 17.2 Å². The monoisotopic (exact) mass is 1300 g/mol. The summed E-state index contributed by atoms with van der Waals surface area (Å²) in [5, 5.41) is 31.0. The largest absolute Gasteiger partial charge is 0.370 e. The lowest BCUT2D eigenvalue weighted by Crippen LogP contribution is -2.59. The number of primary amides is 2. The lowest BCUT2D eigenvalue weighted by molar-refractivity contribution is -0.135. The van der Waals surface area contributed by atoms with Crippen LogP contribution in [0.3, 0.4) is 0 Å². The van der Waals surface area contributed by atoms with Crippen LogP contribution >= 0.6 is 24.4 Å². The van der Waals surface area contributed by atoms with Gasteiger partial charge in [-0.05, 0) is 68.6 Å². The number of nitrogens with one attached hydrogen (secondary N) is 14. The average molecular weight is 1300 g/mol. The highest BCUT2D eigenvalue weighted by molar-refractivity contribution is 7.98. The Kier molecular flexibility index (Phi) is 33.5. The van der Waals surface area contributed by atoms with E-state index in [1.807, 2.05) is 6.26 Å². The van der Waals surface area contributed by atoms with Gasteiger partial charge in [0.15, 0.2) is 0 Å². The third kappa shape index (κ3) is 27.3. The number of aromatic amines is 2. The van der Waals surface area contributed by atoms with Gasteiger partial charge in [0.25, 0.3) is 0 Å². The number of hydrogen-bond acceptors (Lipinski definition) is 18. The van der Waals surface area contributed by atoms with Gasteiger partial charge >= 0.3 is 0 Å². The van der Waals surface area contributed by atoms with Crippen LogP contribution in [0.15, 0.2) is 43.0 Å². The maximum absolute atomic E-state index is 14.3. The van der Waals surface area contributed by atoms with Gasteiger partial charge < -0.3 is 91.0 Å². The smallest absolute Gasteiger partial charge is 0.243 e. The Morgan fingerprint density at radius 1 is 0.578 bits per heavy atom. The molecule has 0 radical (unpaired) electrons. The van der Waals surface area contributed by atoms with Crippen LogP contribution in [0.25, 0.3) is 10.9 Å². The summed E-state index contributed by atoms with van der Waals surface area (Å²) in [6.45, 7) is 4.56. The van der Waals surface area contributed by atoms with Gasteiger partial charge in [-0.2, -0.15) is 24.4 Å². The quantitative estimate of drug-likeness (QED) is 0.0187. The van der Waals surface area contributed by atoms with Crippen LogP contribution in [0.2, 0.25) is 0 Å². The van der Waals surface area contributed by atoms with Crippen molar-refractivity contribution >= 4 is 118 Å². The zero-order valence-electron chi connectivity index (χ0n) is 51.0. The number of thioether (sulfide) groups is 1. The third-order valence-electron chi connectivity index (χ3n) is 13.6. The number of benzene rings is 1. The highest BCUT2D eigenvalue weighted by atomic mass is 32.2. The number of fused-ring (bicyclic) bond motifs is 1. The van der Waals surface area contributed by atoms with Crippen LogP contribution in [0, 0.1) is 5.92 Å². The maximum atomic E-state index is 14.3. The first-order valence-electron chi connectivity index (χ1n) is 29.2. The molecular weight excluding hydrogens is 1210 g/mol. The van der Waals surface area contributed by atoms with E-state index < -0.39 is 157 Å². The number of para-hydroxylation sites is 1. The van der Waals surface area contributed by atoms with Crippen molar-refractivity contribution in [2.45, 2.75) is 140 Å². The number of nitrogens with zero attached hydrogens (tertiary/aromatic N) is 1. The molecule has 0 unspecified atom stereocenters. The molecule has 34 heteroatoms. The number of imidazole rings is 1. The molecule has 0 saturated carbocycles. The number of carbonyl (C=O) groups excluding carboxylic acids is 14. The fraction of sp³-hybridized carbons (Fsp3) is 0.554. The molecule has 0 aliphatic rings. The minimum absolute atomic E-state index is 0.0812. The molecule has 0 saturated heterocycles. The summed E-state index contributed by atoms with van der Waals surface area (Å²) in [4.78, 5) is 192. The molecule has 2 aromatic heterocycles. The normalized spacial score (nSPS) is 13.6. The number of hydrogen-bond donors (Lipinski definition) is 18. The SMILES string of the molecule is CCC[C@H](NC(=O)[C@H](Cc1cnc[nH]1)NC(=O)CNC(=O)[C@@H](NC(=O)[C@H](C)NC(=O)[C@H](Cc1c[nH]c2ccccc12)NC(=O)[C@H](CCC(N)=O)NC(=O)CCCCNC(=O)CNC(=O)[C@H](CS)NC(=O)CNC(=O)CN)C(C)C)C(=O)N[C@@H](CCSC)C(N)=O. The number of H-pyrrole nitrogens is 2. The Morgan fingerprint density at radius 2 is 1.17 bits per heavy atom. The molecule has 3 aromatic rings. The molecule has 3 rings (SSSR count). The van der Waals surface area contributed by atoms with Gasteiger partial charge in [0.05, 0.1) is 32.5 Å². The fourth-order valence-electron chi connectivity index (χ4n) is 8.67. The van der Waals surface area contributed by atoms with Crippen LogP contribution in [0.5, 0.6) is 0 Å². The van der Waals surface area contributed by atoms with Crippen LogP contribution < -0.4 is 81.0 Å². The molecule has 20 N–H and O–H groups in total. The molecule has 1 aromatic carbocycles. The maximum Gasteiger partial charge on any atom is 0.243 e. The van der Waals surface area contributed by atoms with Crippen molar-refractivity contribution in [3.63, 3.8) is 0 Å². The Balaban J connectivity index is 1.66. The fourth-order valence-corrected chi connectivity index (χ4v) is 9.40. The molecule has 8 atom stereocenters. The first kappa shape index (κ1) is 75.5.